The van der Waals surface area contributed by atoms with Crippen molar-refractivity contribution in [3.8, 4) is 0 Å². The van der Waals surface area contributed by atoms with Gasteiger partial charge >= 0.3 is 5.97 Å². The SMILES string of the molecule is CCCC(C)(CCC)C([SiH2]OC)C(=O)O. The van der Waals surface area contributed by atoms with Gasteiger partial charge in [-0.05, 0) is 18.3 Å². The fourth-order valence-corrected chi connectivity index (χ4v) is 3.64. The molecule has 3 nitrogen and oxygen atoms in total. The van der Waals surface area contributed by atoms with Crippen molar-refractivity contribution in [3.63, 3.8) is 0 Å². The molecule has 0 radical (unpaired) electrons. The molecule has 0 heterocycles. The highest BCUT2D eigenvalue weighted by atomic mass is 28.2. The first kappa shape index (κ1) is 14.6. The standard InChI is InChI=1S/C11H24O3Si/c1-5-7-11(3,8-6-2)9(10(12)13)15-14-4/h9H,5-8,15H2,1-4H3,(H,12,13). The van der Waals surface area contributed by atoms with E-state index in [4.69, 9.17) is 4.43 Å². The Kier molecular flexibility index (Phi) is 6.84. The number of hydrogen-bond acceptors (Lipinski definition) is 2. The monoisotopic (exact) mass is 232 g/mol. The maximum Gasteiger partial charge on any atom is 0.306 e. The van der Waals surface area contributed by atoms with Crippen molar-refractivity contribution in [1.29, 1.82) is 0 Å². The van der Waals surface area contributed by atoms with Gasteiger partial charge in [0, 0.05) is 7.11 Å². The average molecular weight is 232 g/mol. The van der Waals surface area contributed by atoms with Crippen LogP contribution in [0.2, 0.25) is 5.54 Å². The smallest absolute Gasteiger partial charge is 0.306 e. The summed E-state index contributed by atoms with van der Waals surface area (Å²) in [6.07, 6.45) is 4.04. The average Bonchev–Trinajstić information content (AvgIpc) is 2.14. The molecule has 0 rings (SSSR count). The fraction of sp³-hybridized carbons (Fsp3) is 0.909. The summed E-state index contributed by atoms with van der Waals surface area (Å²) in [7, 11) is 0.669. The van der Waals surface area contributed by atoms with E-state index in [1.165, 1.54) is 0 Å². The lowest BCUT2D eigenvalue weighted by molar-refractivity contribution is -0.140. The molecule has 0 aliphatic heterocycles. The van der Waals surface area contributed by atoms with Gasteiger partial charge in [0.25, 0.3) is 0 Å². The first-order chi connectivity index (χ1) is 7.01. The number of carbonyl (C=O) groups is 1. The second-order valence-corrected chi connectivity index (χ2v) is 6.23. The molecule has 0 aliphatic carbocycles. The molecule has 0 bridgehead atoms. The van der Waals surface area contributed by atoms with Crippen LogP contribution in [0.25, 0.3) is 0 Å². The highest BCUT2D eigenvalue weighted by Crippen LogP contribution is 2.41. The highest BCUT2D eigenvalue weighted by molar-refractivity contribution is 6.37. The van der Waals surface area contributed by atoms with Crippen LogP contribution >= 0.6 is 0 Å². The molecule has 0 saturated carbocycles. The number of aliphatic carboxylic acids is 1. The van der Waals surface area contributed by atoms with Gasteiger partial charge in [-0.2, -0.15) is 0 Å². The van der Waals surface area contributed by atoms with Crippen molar-refractivity contribution >= 4 is 15.7 Å². The Morgan fingerprint density at radius 3 is 2.13 bits per heavy atom. The molecule has 0 aromatic carbocycles. The van der Waals surface area contributed by atoms with Crippen LogP contribution in [0, 0.1) is 5.41 Å². The third kappa shape index (κ3) is 4.34. The van der Waals surface area contributed by atoms with E-state index in [9.17, 15) is 9.90 Å². The Morgan fingerprint density at radius 2 is 1.87 bits per heavy atom. The molecule has 0 fully saturated rings. The Balaban J connectivity index is 4.72. The van der Waals surface area contributed by atoms with Gasteiger partial charge in [0.2, 0.25) is 0 Å². The van der Waals surface area contributed by atoms with Crippen molar-refractivity contribution in [3.05, 3.63) is 0 Å². The first-order valence-corrected chi connectivity index (χ1v) is 7.13. The summed E-state index contributed by atoms with van der Waals surface area (Å²) in [4.78, 5) is 11.2. The van der Waals surface area contributed by atoms with Crippen LogP contribution in [0.4, 0.5) is 0 Å². The molecule has 15 heavy (non-hydrogen) atoms. The van der Waals surface area contributed by atoms with E-state index in [2.05, 4.69) is 20.8 Å². The summed E-state index contributed by atoms with van der Waals surface area (Å²) in [6.45, 7) is 6.33. The predicted octanol–water partition coefficient (Wildman–Crippen LogP) is 2.20. The van der Waals surface area contributed by atoms with Gasteiger partial charge < -0.3 is 9.53 Å². The van der Waals surface area contributed by atoms with Crippen LogP contribution in [0.3, 0.4) is 0 Å². The quantitative estimate of drug-likeness (QED) is 0.653. The molecular weight excluding hydrogens is 208 g/mol. The van der Waals surface area contributed by atoms with E-state index in [0.29, 0.717) is 0 Å². The van der Waals surface area contributed by atoms with E-state index in [0.717, 1.165) is 25.7 Å². The minimum absolute atomic E-state index is 0.0719. The lowest BCUT2D eigenvalue weighted by Crippen LogP contribution is -2.33. The summed E-state index contributed by atoms with van der Waals surface area (Å²) >= 11 is 0. The van der Waals surface area contributed by atoms with Crippen molar-refractivity contribution < 1.29 is 14.3 Å². The lowest BCUT2D eigenvalue weighted by Gasteiger charge is -2.34. The molecule has 0 aromatic rings. The molecule has 0 aromatic heterocycles. The van der Waals surface area contributed by atoms with Crippen LogP contribution in [-0.4, -0.2) is 27.9 Å². The van der Waals surface area contributed by atoms with Gasteiger partial charge in [-0.25, -0.2) is 0 Å². The topological polar surface area (TPSA) is 46.5 Å². The number of carboxylic acids is 1. The predicted molar refractivity (Wildman–Crippen MR) is 64.9 cm³/mol. The Morgan fingerprint density at radius 1 is 1.40 bits per heavy atom. The van der Waals surface area contributed by atoms with Gasteiger partial charge in [-0.3, -0.25) is 4.79 Å². The third-order valence-electron chi connectivity index (χ3n) is 3.11. The lowest BCUT2D eigenvalue weighted by atomic mass is 9.78. The van der Waals surface area contributed by atoms with E-state index in [1.807, 2.05) is 0 Å². The molecule has 1 atom stereocenters. The van der Waals surface area contributed by atoms with Crippen LogP contribution in [0.15, 0.2) is 0 Å². The highest BCUT2D eigenvalue weighted by Gasteiger charge is 2.37. The maximum absolute atomic E-state index is 11.2. The molecule has 90 valence electrons. The molecular formula is C11H24O3Si. The zero-order chi connectivity index (χ0) is 11.9. The summed E-state index contributed by atoms with van der Waals surface area (Å²) < 4.78 is 5.16. The Hall–Kier alpha value is -0.353. The molecule has 1 unspecified atom stereocenters. The molecule has 0 amide bonds. The number of carboxylic acid groups (broad SMARTS) is 1. The summed E-state index contributed by atoms with van der Waals surface area (Å²) in [5, 5.41) is 9.25. The van der Waals surface area contributed by atoms with E-state index >= 15 is 0 Å². The molecule has 0 saturated heterocycles. The second kappa shape index (κ2) is 7.01. The zero-order valence-electron chi connectivity index (χ0n) is 10.4. The van der Waals surface area contributed by atoms with E-state index in [-0.39, 0.29) is 11.0 Å². The summed E-state index contributed by atoms with van der Waals surface area (Å²) in [5.41, 5.74) is -0.320. The molecule has 0 aliphatic rings. The fourth-order valence-electron chi connectivity index (χ4n) is 2.35. The second-order valence-electron chi connectivity index (χ2n) is 4.50. The van der Waals surface area contributed by atoms with Crippen molar-refractivity contribution in [2.75, 3.05) is 7.11 Å². The first-order valence-electron chi connectivity index (χ1n) is 5.73. The van der Waals surface area contributed by atoms with Gasteiger partial charge in [0.1, 0.15) is 0 Å². The maximum atomic E-state index is 11.2. The van der Waals surface area contributed by atoms with Gasteiger partial charge in [0.15, 0.2) is 9.76 Å². The molecule has 0 spiro atoms. The van der Waals surface area contributed by atoms with Gasteiger partial charge in [-0.15, -0.1) is 0 Å². The van der Waals surface area contributed by atoms with Crippen molar-refractivity contribution in [1.82, 2.24) is 0 Å². The largest absolute Gasteiger partial charge is 0.481 e. The molecule has 1 N–H and O–H groups in total. The number of hydrogen-bond donors (Lipinski definition) is 1. The van der Waals surface area contributed by atoms with Crippen molar-refractivity contribution in [2.24, 2.45) is 5.41 Å². The minimum Gasteiger partial charge on any atom is -0.481 e. The summed E-state index contributed by atoms with van der Waals surface area (Å²) in [5.74, 6) is -0.673. The van der Waals surface area contributed by atoms with Crippen molar-refractivity contribution in [2.45, 2.75) is 52.0 Å². The van der Waals surface area contributed by atoms with E-state index < -0.39 is 15.7 Å². The van der Waals surface area contributed by atoms with Crippen LogP contribution in [0.5, 0.6) is 0 Å². The minimum atomic E-state index is -0.956. The third-order valence-corrected chi connectivity index (χ3v) is 5.12. The van der Waals surface area contributed by atoms with Crippen LogP contribution < -0.4 is 0 Å². The number of rotatable bonds is 8. The van der Waals surface area contributed by atoms with Crippen LogP contribution in [-0.2, 0) is 9.22 Å². The Bertz CT molecular complexity index is 188. The summed E-state index contributed by atoms with van der Waals surface area (Å²) in [6, 6.07) is 0. The molecule has 4 heteroatoms. The van der Waals surface area contributed by atoms with Gasteiger partial charge in [-0.1, -0.05) is 33.6 Å². The normalized spacial score (nSPS) is 14.7. The Labute approximate surface area is 95.2 Å². The van der Waals surface area contributed by atoms with Crippen LogP contribution in [0.1, 0.15) is 46.5 Å². The van der Waals surface area contributed by atoms with Gasteiger partial charge in [0.05, 0.1) is 5.54 Å². The van der Waals surface area contributed by atoms with E-state index in [1.54, 1.807) is 7.11 Å². The zero-order valence-corrected chi connectivity index (χ0v) is 11.8.